The summed E-state index contributed by atoms with van der Waals surface area (Å²) in [6, 6.07) is 0.284. The molecule has 6 nitrogen and oxygen atoms in total. The number of rotatable bonds is 4. The van der Waals surface area contributed by atoms with Gasteiger partial charge in [0.1, 0.15) is 0 Å². The molecule has 1 aromatic heterocycles. The molecule has 0 aromatic carbocycles. The normalized spacial score (nSPS) is 28.1. The van der Waals surface area contributed by atoms with Crippen molar-refractivity contribution >= 4 is 23.6 Å². The zero-order chi connectivity index (χ0) is 14.7. The van der Waals surface area contributed by atoms with Crippen molar-refractivity contribution in [3.05, 3.63) is 0 Å². The van der Waals surface area contributed by atoms with Gasteiger partial charge in [-0.3, -0.25) is 4.79 Å². The number of nitrogens with two attached hydrogens (primary N) is 1. The summed E-state index contributed by atoms with van der Waals surface area (Å²) in [5, 5.41) is 9.96. The van der Waals surface area contributed by atoms with Gasteiger partial charge in [0.25, 0.3) is 0 Å². The van der Waals surface area contributed by atoms with Gasteiger partial charge in [0.2, 0.25) is 17.0 Å². The molecule has 0 radical (unpaired) electrons. The smallest absolute Gasteiger partial charge is 0.233 e. The molecular weight excluding hydrogens is 274 g/mol. The average Bonchev–Trinajstić information content (AvgIpc) is 2.80. The van der Waals surface area contributed by atoms with Crippen LogP contribution < -0.4 is 11.1 Å². The standard InChI is InChI=1S/C13H23N5OS/c1-7-5-4-6-10(8(7)2)15-11(19)9(3)20-13-16-12(14)17-18-13/h7-10H,4-6H2,1-3H3,(H,15,19)(H3,14,16,17,18)/t7-,8-,9-,10-/m1/s1. The summed E-state index contributed by atoms with van der Waals surface area (Å²) in [4.78, 5) is 16.2. The van der Waals surface area contributed by atoms with Crippen molar-refractivity contribution < 1.29 is 4.79 Å². The van der Waals surface area contributed by atoms with Crippen LogP contribution in [0.2, 0.25) is 0 Å². The van der Waals surface area contributed by atoms with Crippen LogP contribution in [0, 0.1) is 11.8 Å². The van der Waals surface area contributed by atoms with E-state index in [1.807, 2.05) is 6.92 Å². The van der Waals surface area contributed by atoms with Gasteiger partial charge in [-0.05, 0) is 25.2 Å². The van der Waals surface area contributed by atoms with Gasteiger partial charge in [0.05, 0.1) is 5.25 Å². The minimum absolute atomic E-state index is 0.0457. The highest BCUT2D eigenvalue weighted by Gasteiger charge is 2.29. The van der Waals surface area contributed by atoms with Crippen LogP contribution in [0.1, 0.15) is 40.0 Å². The zero-order valence-corrected chi connectivity index (χ0v) is 13.0. The van der Waals surface area contributed by atoms with Gasteiger partial charge in [-0.1, -0.05) is 38.5 Å². The second-order valence-electron chi connectivity index (χ2n) is 5.65. The number of nitrogens with zero attached hydrogens (tertiary/aromatic N) is 2. The van der Waals surface area contributed by atoms with E-state index in [9.17, 15) is 4.79 Å². The summed E-state index contributed by atoms with van der Waals surface area (Å²) in [5.74, 6) is 1.52. The molecular formula is C13H23N5OS. The Hall–Kier alpha value is -1.24. The number of thioether (sulfide) groups is 1. The number of anilines is 1. The van der Waals surface area contributed by atoms with E-state index < -0.39 is 0 Å². The largest absolute Gasteiger partial charge is 0.368 e. The van der Waals surface area contributed by atoms with E-state index in [0.29, 0.717) is 17.0 Å². The fourth-order valence-electron chi connectivity index (χ4n) is 2.61. The van der Waals surface area contributed by atoms with Crippen molar-refractivity contribution in [2.75, 3.05) is 5.73 Å². The quantitative estimate of drug-likeness (QED) is 0.736. The number of nitrogens with one attached hydrogen (secondary N) is 2. The van der Waals surface area contributed by atoms with Gasteiger partial charge in [0.15, 0.2) is 0 Å². The molecule has 4 N–H and O–H groups in total. The summed E-state index contributed by atoms with van der Waals surface area (Å²) in [6.07, 6.45) is 3.52. The Kier molecular flexibility index (Phi) is 4.91. The van der Waals surface area contributed by atoms with Crippen molar-refractivity contribution in [2.24, 2.45) is 11.8 Å². The molecule has 1 amide bonds. The van der Waals surface area contributed by atoms with Gasteiger partial charge in [-0.25, -0.2) is 5.10 Å². The third-order valence-electron chi connectivity index (χ3n) is 4.17. The zero-order valence-electron chi connectivity index (χ0n) is 12.2. The summed E-state index contributed by atoms with van der Waals surface area (Å²) in [5.41, 5.74) is 5.47. The lowest BCUT2D eigenvalue weighted by Crippen LogP contribution is -2.46. The van der Waals surface area contributed by atoms with Crippen molar-refractivity contribution in [2.45, 2.75) is 56.5 Å². The second kappa shape index (κ2) is 6.47. The van der Waals surface area contributed by atoms with Crippen LogP contribution in [0.25, 0.3) is 0 Å². The Morgan fingerprint density at radius 1 is 1.50 bits per heavy atom. The highest BCUT2D eigenvalue weighted by molar-refractivity contribution is 8.00. The molecule has 7 heteroatoms. The molecule has 2 rings (SSSR count). The summed E-state index contributed by atoms with van der Waals surface area (Å²) in [6.45, 7) is 6.35. The van der Waals surface area contributed by atoms with Crippen LogP contribution in [0.5, 0.6) is 0 Å². The lowest BCUT2D eigenvalue weighted by molar-refractivity contribution is -0.121. The van der Waals surface area contributed by atoms with Crippen molar-refractivity contribution in [1.29, 1.82) is 0 Å². The highest BCUT2D eigenvalue weighted by Crippen LogP contribution is 2.30. The van der Waals surface area contributed by atoms with Gasteiger partial charge in [0, 0.05) is 6.04 Å². The molecule has 112 valence electrons. The fraction of sp³-hybridized carbons (Fsp3) is 0.769. The molecule has 1 saturated carbocycles. The Bertz CT molecular complexity index is 463. The first-order valence-electron chi connectivity index (χ1n) is 7.12. The van der Waals surface area contributed by atoms with Gasteiger partial charge >= 0.3 is 0 Å². The molecule has 0 unspecified atom stereocenters. The van der Waals surface area contributed by atoms with Gasteiger partial charge in [-0.15, -0.1) is 5.10 Å². The molecule has 4 atom stereocenters. The maximum absolute atomic E-state index is 12.2. The summed E-state index contributed by atoms with van der Waals surface area (Å²) < 4.78 is 0. The third kappa shape index (κ3) is 3.65. The molecule has 0 bridgehead atoms. The van der Waals surface area contributed by atoms with Crippen molar-refractivity contribution in [3.63, 3.8) is 0 Å². The third-order valence-corrected chi connectivity index (χ3v) is 5.13. The van der Waals surface area contributed by atoms with Crippen LogP contribution in [-0.2, 0) is 4.79 Å². The van der Waals surface area contributed by atoms with Crippen molar-refractivity contribution in [1.82, 2.24) is 20.5 Å². The average molecular weight is 297 g/mol. The van der Waals surface area contributed by atoms with Gasteiger partial charge < -0.3 is 11.1 Å². The van der Waals surface area contributed by atoms with Crippen LogP contribution in [0.15, 0.2) is 5.16 Å². The molecule has 0 aliphatic heterocycles. The topological polar surface area (TPSA) is 96.7 Å². The van der Waals surface area contributed by atoms with E-state index in [0.717, 1.165) is 6.42 Å². The van der Waals surface area contributed by atoms with Gasteiger partial charge in [-0.2, -0.15) is 4.98 Å². The maximum Gasteiger partial charge on any atom is 0.233 e. The summed E-state index contributed by atoms with van der Waals surface area (Å²) >= 11 is 1.32. The van der Waals surface area contributed by atoms with E-state index in [-0.39, 0.29) is 23.1 Å². The molecule has 1 fully saturated rings. The predicted molar refractivity (Wildman–Crippen MR) is 80.2 cm³/mol. The maximum atomic E-state index is 12.2. The number of aromatic nitrogens is 3. The number of hydrogen-bond donors (Lipinski definition) is 3. The Morgan fingerprint density at radius 2 is 2.25 bits per heavy atom. The van der Waals surface area contributed by atoms with Crippen LogP contribution >= 0.6 is 11.8 Å². The number of carbonyl (C=O) groups excluding carboxylic acids is 1. The molecule has 0 spiro atoms. The predicted octanol–water partition coefficient (Wildman–Crippen LogP) is 1.81. The van der Waals surface area contributed by atoms with E-state index in [4.69, 9.17) is 5.73 Å². The number of amides is 1. The molecule has 20 heavy (non-hydrogen) atoms. The van der Waals surface area contributed by atoms with E-state index in [2.05, 4.69) is 34.3 Å². The lowest BCUT2D eigenvalue weighted by Gasteiger charge is -2.35. The number of hydrogen-bond acceptors (Lipinski definition) is 5. The Balaban J connectivity index is 1.87. The minimum atomic E-state index is -0.227. The first kappa shape index (κ1) is 15.2. The number of carbonyl (C=O) groups is 1. The second-order valence-corrected chi connectivity index (χ2v) is 6.95. The van der Waals surface area contributed by atoms with E-state index in [1.165, 1.54) is 24.6 Å². The molecule has 1 aromatic rings. The molecule has 1 aliphatic carbocycles. The number of H-pyrrole nitrogens is 1. The number of aromatic amines is 1. The highest BCUT2D eigenvalue weighted by atomic mass is 32.2. The Labute approximate surface area is 123 Å². The van der Waals surface area contributed by atoms with Crippen LogP contribution in [-0.4, -0.2) is 32.4 Å². The van der Waals surface area contributed by atoms with E-state index in [1.54, 1.807) is 0 Å². The molecule has 1 heterocycles. The summed E-state index contributed by atoms with van der Waals surface area (Å²) in [7, 11) is 0. The molecule has 1 aliphatic rings. The SMILES string of the molecule is C[C@@H]1[C@H](C)CCC[C@H]1NC(=O)[C@@H](C)Sc1n[nH]c(N)n1. The van der Waals surface area contributed by atoms with Crippen LogP contribution in [0.3, 0.4) is 0 Å². The first-order chi connectivity index (χ1) is 9.47. The monoisotopic (exact) mass is 297 g/mol. The fourth-order valence-corrected chi connectivity index (χ4v) is 3.35. The minimum Gasteiger partial charge on any atom is -0.368 e. The lowest BCUT2D eigenvalue weighted by atomic mass is 9.78. The molecule has 0 saturated heterocycles. The van der Waals surface area contributed by atoms with Crippen molar-refractivity contribution in [3.8, 4) is 0 Å². The number of nitrogen functional groups attached to an aromatic ring is 1. The van der Waals surface area contributed by atoms with Crippen LogP contribution in [0.4, 0.5) is 5.95 Å². The van der Waals surface area contributed by atoms with E-state index >= 15 is 0 Å². The Morgan fingerprint density at radius 3 is 2.90 bits per heavy atom. The first-order valence-corrected chi connectivity index (χ1v) is 8.00.